The summed E-state index contributed by atoms with van der Waals surface area (Å²) < 4.78 is 31.7. The first-order chi connectivity index (χ1) is 16.0. The summed E-state index contributed by atoms with van der Waals surface area (Å²) in [6.07, 6.45) is 0. The molecular weight excluding hydrogens is 476 g/mol. The van der Waals surface area contributed by atoms with E-state index in [1.165, 1.54) is 27.3 Å². The number of hydrogen-bond acceptors (Lipinski definition) is 4. The summed E-state index contributed by atoms with van der Waals surface area (Å²) >= 11 is 6.20. The van der Waals surface area contributed by atoms with Crippen LogP contribution in [0.5, 0.6) is 0 Å². The maximum absolute atomic E-state index is 13.1. The van der Waals surface area contributed by atoms with Crippen molar-refractivity contribution in [2.24, 2.45) is 14.1 Å². The zero-order chi connectivity index (χ0) is 24.8. The van der Waals surface area contributed by atoms with Gasteiger partial charge in [0.15, 0.2) is 0 Å². The van der Waals surface area contributed by atoms with Gasteiger partial charge >= 0.3 is 5.69 Å². The lowest BCUT2D eigenvalue weighted by molar-refractivity contribution is 0.102. The molecule has 0 fully saturated rings. The van der Waals surface area contributed by atoms with Crippen LogP contribution < -0.4 is 15.7 Å². The van der Waals surface area contributed by atoms with Gasteiger partial charge in [0, 0.05) is 25.3 Å². The van der Waals surface area contributed by atoms with Crippen molar-refractivity contribution in [1.29, 1.82) is 0 Å². The summed E-state index contributed by atoms with van der Waals surface area (Å²) in [6, 6.07) is 14.6. The first-order valence-corrected chi connectivity index (χ1v) is 12.2. The number of hydrogen-bond donors (Lipinski definition) is 2. The van der Waals surface area contributed by atoms with Crippen LogP contribution in [0.1, 0.15) is 21.5 Å². The third-order valence-electron chi connectivity index (χ3n) is 5.65. The van der Waals surface area contributed by atoms with Gasteiger partial charge in [-0.15, -0.1) is 0 Å². The van der Waals surface area contributed by atoms with Crippen molar-refractivity contribution in [3.63, 3.8) is 0 Å². The van der Waals surface area contributed by atoms with Crippen LogP contribution >= 0.6 is 11.6 Å². The molecule has 8 nitrogen and oxygen atoms in total. The van der Waals surface area contributed by atoms with Crippen molar-refractivity contribution in [3.8, 4) is 0 Å². The fourth-order valence-electron chi connectivity index (χ4n) is 3.68. The molecule has 4 aromatic rings. The highest BCUT2D eigenvalue weighted by molar-refractivity contribution is 7.92. The maximum atomic E-state index is 13.1. The van der Waals surface area contributed by atoms with E-state index in [2.05, 4.69) is 10.0 Å². The Labute approximate surface area is 201 Å². The highest BCUT2D eigenvalue weighted by atomic mass is 35.5. The molecule has 0 radical (unpaired) electrons. The van der Waals surface area contributed by atoms with Crippen molar-refractivity contribution in [1.82, 2.24) is 9.13 Å². The molecule has 1 amide bonds. The Bertz CT molecular complexity index is 1620. The van der Waals surface area contributed by atoms with Crippen molar-refractivity contribution < 1.29 is 13.2 Å². The van der Waals surface area contributed by atoms with Crippen LogP contribution in [0.2, 0.25) is 5.02 Å². The average Bonchev–Trinajstić information content (AvgIpc) is 3.00. The van der Waals surface area contributed by atoms with Crippen LogP contribution in [0.3, 0.4) is 0 Å². The molecule has 0 saturated heterocycles. The Morgan fingerprint density at radius 1 is 0.912 bits per heavy atom. The molecule has 4 rings (SSSR count). The van der Waals surface area contributed by atoms with E-state index in [-0.39, 0.29) is 21.2 Å². The minimum atomic E-state index is -4.05. The molecule has 0 spiro atoms. The van der Waals surface area contributed by atoms with E-state index in [1.54, 1.807) is 45.3 Å². The molecule has 10 heteroatoms. The second kappa shape index (κ2) is 8.66. The van der Waals surface area contributed by atoms with Crippen LogP contribution in [-0.4, -0.2) is 23.5 Å². The largest absolute Gasteiger partial charge is 0.328 e. The van der Waals surface area contributed by atoms with Crippen molar-refractivity contribution in [2.45, 2.75) is 18.7 Å². The number of fused-ring (bicyclic) bond motifs is 1. The van der Waals surface area contributed by atoms with Crippen LogP contribution in [0.4, 0.5) is 11.4 Å². The first-order valence-electron chi connectivity index (χ1n) is 10.3. The van der Waals surface area contributed by atoms with E-state index in [1.807, 2.05) is 19.1 Å². The fourth-order valence-corrected chi connectivity index (χ4v) is 5.33. The number of nitrogens with one attached hydrogen (secondary N) is 2. The van der Waals surface area contributed by atoms with E-state index in [9.17, 15) is 18.0 Å². The molecule has 1 aromatic heterocycles. The molecule has 0 saturated carbocycles. The number of anilines is 2. The molecule has 34 heavy (non-hydrogen) atoms. The summed E-state index contributed by atoms with van der Waals surface area (Å²) in [4.78, 5) is 24.8. The van der Waals surface area contributed by atoms with E-state index in [0.29, 0.717) is 16.9 Å². The molecule has 0 atom stereocenters. The highest BCUT2D eigenvalue weighted by Gasteiger charge is 2.21. The molecule has 3 aromatic carbocycles. The first kappa shape index (κ1) is 23.6. The summed E-state index contributed by atoms with van der Waals surface area (Å²) in [5.41, 5.74) is 3.88. The van der Waals surface area contributed by atoms with Crippen LogP contribution in [-0.2, 0) is 24.1 Å². The third-order valence-corrected chi connectivity index (χ3v) is 7.50. The number of imidazole rings is 1. The van der Waals surface area contributed by atoms with Gasteiger partial charge in [0.25, 0.3) is 15.9 Å². The molecular formula is C24H23ClN4O4S. The molecule has 176 valence electrons. The second-order valence-electron chi connectivity index (χ2n) is 8.13. The van der Waals surface area contributed by atoms with Crippen molar-refractivity contribution in [2.75, 3.05) is 10.0 Å². The van der Waals surface area contributed by atoms with E-state index >= 15 is 0 Å². The highest BCUT2D eigenvalue weighted by Crippen LogP contribution is 2.27. The van der Waals surface area contributed by atoms with Gasteiger partial charge in [-0.2, -0.15) is 0 Å². The lowest BCUT2D eigenvalue weighted by atomic mass is 10.1. The standard InChI is InChI=1S/C24H23ClN4O4S/c1-14-5-6-15(2)19(11-14)27-34(32,33)22-12-16(7-9-18(22)25)23(30)26-17-8-10-20-21(13-17)29(4)24(31)28(20)3/h5-13,27H,1-4H3,(H,26,30). The van der Waals surface area contributed by atoms with Gasteiger partial charge in [-0.3, -0.25) is 18.7 Å². The van der Waals surface area contributed by atoms with Gasteiger partial charge in [-0.25, -0.2) is 13.2 Å². The van der Waals surface area contributed by atoms with Gasteiger partial charge in [0.05, 0.1) is 21.7 Å². The lowest BCUT2D eigenvalue weighted by Crippen LogP contribution is -2.19. The molecule has 1 heterocycles. The van der Waals surface area contributed by atoms with E-state index in [4.69, 9.17) is 11.6 Å². The zero-order valence-corrected chi connectivity index (χ0v) is 20.6. The predicted octanol–water partition coefficient (Wildman–Crippen LogP) is 4.20. The number of rotatable bonds is 5. The average molecular weight is 499 g/mol. The Kier molecular flexibility index (Phi) is 6.01. The zero-order valence-electron chi connectivity index (χ0n) is 19.0. The summed E-state index contributed by atoms with van der Waals surface area (Å²) in [5.74, 6) is -0.514. The van der Waals surface area contributed by atoms with E-state index in [0.717, 1.165) is 16.6 Å². The number of amides is 1. The molecule has 0 aliphatic heterocycles. The van der Waals surface area contributed by atoms with Crippen LogP contribution in [0.25, 0.3) is 11.0 Å². The number of carbonyl (C=O) groups excluding carboxylic acids is 1. The number of carbonyl (C=O) groups is 1. The number of aromatic nitrogens is 2. The number of halogens is 1. The maximum Gasteiger partial charge on any atom is 0.328 e. The van der Waals surface area contributed by atoms with Gasteiger partial charge in [0.2, 0.25) is 0 Å². The Hall–Kier alpha value is -3.56. The van der Waals surface area contributed by atoms with Gasteiger partial charge < -0.3 is 5.32 Å². The molecule has 2 N–H and O–H groups in total. The summed E-state index contributed by atoms with van der Waals surface area (Å²) in [5, 5.41) is 2.74. The van der Waals surface area contributed by atoms with E-state index < -0.39 is 15.9 Å². The van der Waals surface area contributed by atoms with Crippen molar-refractivity contribution in [3.05, 3.63) is 86.8 Å². The predicted molar refractivity (Wildman–Crippen MR) is 134 cm³/mol. The SMILES string of the molecule is Cc1ccc(C)c(NS(=O)(=O)c2cc(C(=O)Nc3ccc4c(c3)n(C)c(=O)n4C)ccc2Cl)c1. The number of nitrogens with zero attached hydrogens (tertiary/aromatic N) is 2. The molecule has 0 bridgehead atoms. The number of sulfonamides is 1. The summed E-state index contributed by atoms with van der Waals surface area (Å²) in [6.45, 7) is 3.65. The quantitative estimate of drug-likeness (QED) is 0.430. The van der Waals surface area contributed by atoms with Gasteiger partial charge in [-0.1, -0.05) is 23.7 Å². The topological polar surface area (TPSA) is 102 Å². The second-order valence-corrected chi connectivity index (χ2v) is 10.2. The van der Waals surface area contributed by atoms with Crippen LogP contribution in [0, 0.1) is 13.8 Å². The Balaban J connectivity index is 1.64. The third kappa shape index (κ3) is 4.32. The van der Waals surface area contributed by atoms with Crippen LogP contribution in [0.15, 0.2) is 64.3 Å². The monoisotopic (exact) mass is 498 g/mol. The van der Waals surface area contributed by atoms with Gasteiger partial charge in [0.1, 0.15) is 4.90 Å². The summed E-state index contributed by atoms with van der Waals surface area (Å²) in [7, 11) is -0.731. The number of benzene rings is 3. The molecule has 0 aliphatic rings. The Morgan fingerprint density at radius 2 is 1.62 bits per heavy atom. The minimum absolute atomic E-state index is 0.00457. The lowest BCUT2D eigenvalue weighted by Gasteiger charge is -2.13. The fraction of sp³-hybridized carbons (Fsp3) is 0.167. The smallest absolute Gasteiger partial charge is 0.322 e. The molecule has 0 unspecified atom stereocenters. The minimum Gasteiger partial charge on any atom is -0.322 e. The normalized spacial score (nSPS) is 11.6. The molecule has 0 aliphatic carbocycles. The Morgan fingerprint density at radius 3 is 2.35 bits per heavy atom. The van der Waals surface area contributed by atoms with Crippen molar-refractivity contribution >= 4 is 49.9 Å². The van der Waals surface area contributed by atoms with Gasteiger partial charge in [-0.05, 0) is 67.4 Å². The number of aryl methyl sites for hydroxylation is 4.